The smallest absolute Gasteiger partial charge is 0.0883 e. The topological polar surface area (TPSA) is 29.5 Å². The Morgan fingerprint density at radius 2 is 1.88 bits per heavy atom. The van der Waals surface area contributed by atoms with E-state index < -0.39 is 5.60 Å². The standard InChI is InChI=1S/C23H38O2/c1-5-16-7-9-19-18-8-6-17-14-23(24,15-25-4)13-12-22(17,3)20(18)10-11-21(16,19)2/h5,17-20,24H,6-15H2,1-4H3. The summed E-state index contributed by atoms with van der Waals surface area (Å²) < 4.78 is 5.34. The molecule has 1 N–H and O–H groups in total. The van der Waals surface area contributed by atoms with Gasteiger partial charge in [-0.25, -0.2) is 0 Å². The van der Waals surface area contributed by atoms with Gasteiger partial charge in [-0.1, -0.05) is 25.5 Å². The van der Waals surface area contributed by atoms with E-state index in [1.165, 1.54) is 44.9 Å². The summed E-state index contributed by atoms with van der Waals surface area (Å²) in [5.74, 6) is 3.41. The Labute approximate surface area is 154 Å². The molecule has 0 aliphatic heterocycles. The fraction of sp³-hybridized carbons (Fsp3) is 0.913. The van der Waals surface area contributed by atoms with Gasteiger partial charge in [0.15, 0.2) is 0 Å². The number of methoxy groups -OCH3 is 1. The molecule has 2 heteroatoms. The van der Waals surface area contributed by atoms with E-state index in [-0.39, 0.29) is 0 Å². The molecule has 4 aliphatic rings. The van der Waals surface area contributed by atoms with Crippen LogP contribution in [0.3, 0.4) is 0 Å². The van der Waals surface area contributed by atoms with Crippen molar-refractivity contribution >= 4 is 0 Å². The minimum absolute atomic E-state index is 0.447. The normalized spacial score (nSPS) is 54.0. The van der Waals surface area contributed by atoms with Gasteiger partial charge in [0.2, 0.25) is 0 Å². The molecule has 4 rings (SSSR count). The van der Waals surface area contributed by atoms with Gasteiger partial charge in [-0.3, -0.25) is 0 Å². The third kappa shape index (κ3) is 2.57. The van der Waals surface area contributed by atoms with Crippen molar-refractivity contribution in [1.82, 2.24) is 0 Å². The summed E-state index contributed by atoms with van der Waals surface area (Å²) in [7, 11) is 1.73. The highest BCUT2D eigenvalue weighted by Crippen LogP contribution is 2.67. The lowest BCUT2D eigenvalue weighted by molar-refractivity contribution is -0.157. The zero-order valence-electron chi connectivity index (χ0n) is 16.8. The zero-order valence-corrected chi connectivity index (χ0v) is 16.8. The van der Waals surface area contributed by atoms with E-state index in [2.05, 4.69) is 26.8 Å². The maximum absolute atomic E-state index is 10.9. The summed E-state index contributed by atoms with van der Waals surface area (Å²) in [5, 5.41) is 10.9. The number of fused-ring (bicyclic) bond motifs is 5. The lowest BCUT2D eigenvalue weighted by atomic mass is 9.44. The third-order valence-corrected chi connectivity index (χ3v) is 9.43. The minimum atomic E-state index is -0.569. The molecule has 0 aromatic heterocycles. The van der Waals surface area contributed by atoms with Crippen LogP contribution in [0.4, 0.5) is 0 Å². The van der Waals surface area contributed by atoms with Gasteiger partial charge < -0.3 is 9.84 Å². The molecule has 0 aromatic rings. The lowest BCUT2D eigenvalue weighted by Gasteiger charge is -2.61. The Hall–Kier alpha value is -0.340. The van der Waals surface area contributed by atoms with Crippen molar-refractivity contribution in [2.75, 3.05) is 13.7 Å². The summed E-state index contributed by atoms with van der Waals surface area (Å²) in [6.45, 7) is 7.92. The second-order valence-corrected chi connectivity index (χ2v) is 10.3. The van der Waals surface area contributed by atoms with E-state index >= 15 is 0 Å². The first-order valence-corrected chi connectivity index (χ1v) is 10.7. The molecule has 0 saturated heterocycles. The maximum Gasteiger partial charge on any atom is 0.0883 e. The van der Waals surface area contributed by atoms with Gasteiger partial charge >= 0.3 is 0 Å². The summed E-state index contributed by atoms with van der Waals surface area (Å²) in [6, 6.07) is 0. The van der Waals surface area contributed by atoms with Crippen molar-refractivity contribution in [1.29, 1.82) is 0 Å². The predicted octanol–water partition coefficient (Wildman–Crippen LogP) is 5.35. The fourth-order valence-electron chi connectivity index (χ4n) is 8.04. The molecular weight excluding hydrogens is 308 g/mol. The number of ether oxygens (including phenoxy) is 1. The Bertz CT molecular complexity index is 554. The van der Waals surface area contributed by atoms with Crippen molar-refractivity contribution in [3.8, 4) is 0 Å². The lowest BCUT2D eigenvalue weighted by Crippen LogP contribution is -2.56. The van der Waals surface area contributed by atoms with Crippen molar-refractivity contribution in [2.24, 2.45) is 34.5 Å². The van der Waals surface area contributed by atoms with Gasteiger partial charge in [0.05, 0.1) is 12.2 Å². The summed E-state index contributed by atoms with van der Waals surface area (Å²) in [4.78, 5) is 0. The molecule has 0 amide bonds. The van der Waals surface area contributed by atoms with Crippen LogP contribution in [-0.2, 0) is 4.74 Å². The number of allylic oxidation sites excluding steroid dienone is 2. The molecule has 0 aromatic carbocycles. The second kappa shape index (κ2) is 6.09. The van der Waals surface area contributed by atoms with Crippen LogP contribution in [0.1, 0.15) is 78.6 Å². The van der Waals surface area contributed by atoms with Crippen molar-refractivity contribution in [2.45, 2.75) is 84.2 Å². The number of rotatable bonds is 2. The summed E-state index contributed by atoms with van der Waals surface area (Å²) in [5.41, 5.74) is 2.12. The molecule has 4 aliphatic carbocycles. The third-order valence-electron chi connectivity index (χ3n) is 9.43. The van der Waals surface area contributed by atoms with Crippen LogP contribution in [0.5, 0.6) is 0 Å². The maximum atomic E-state index is 10.9. The number of hydrogen-bond donors (Lipinski definition) is 1. The van der Waals surface area contributed by atoms with Crippen molar-refractivity contribution < 1.29 is 9.84 Å². The molecule has 7 atom stereocenters. The van der Waals surface area contributed by atoms with Crippen LogP contribution >= 0.6 is 0 Å². The number of hydrogen-bond acceptors (Lipinski definition) is 2. The SMILES string of the molecule is CC=C1CCC2C3CCC4CC(O)(COC)CCC4(C)C3CCC12C. The van der Waals surface area contributed by atoms with E-state index in [9.17, 15) is 5.11 Å². The molecular formula is C23H38O2. The molecule has 4 fully saturated rings. The molecule has 0 spiro atoms. The van der Waals surface area contributed by atoms with E-state index in [0.29, 0.717) is 23.4 Å². The van der Waals surface area contributed by atoms with E-state index in [4.69, 9.17) is 4.74 Å². The first kappa shape index (κ1) is 18.0. The Balaban J connectivity index is 1.58. The number of aliphatic hydroxyl groups is 1. The highest BCUT2D eigenvalue weighted by Gasteiger charge is 2.60. The van der Waals surface area contributed by atoms with E-state index in [1.807, 2.05) is 0 Å². The molecule has 25 heavy (non-hydrogen) atoms. The van der Waals surface area contributed by atoms with Crippen molar-refractivity contribution in [3.63, 3.8) is 0 Å². The van der Waals surface area contributed by atoms with Gasteiger partial charge in [-0.15, -0.1) is 0 Å². The molecule has 4 saturated carbocycles. The average molecular weight is 347 g/mol. The Morgan fingerprint density at radius 3 is 2.60 bits per heavy atom. The molecule has 0 heterocycles. The quantitative estimate of drug-likeness (QED) is 0.683. The van der Waals surface area contributed by atoms with Crippen LogP contribution in [0, 0.1) is 34.5 Å². The summed E-state index contributed by atoms with van der Waals surface area (Å²) >= 11 is 0. The minimum Gasteiger partial charge on any atom is -0.387 e. The fourth-order valence-corrected chi connectivity index (χ4v) is 8.04. The van der Waals surface area contributed by atoms with Gasteiger partial charge in [0.25, 0.3) is 0 Å². The highest BCUT2D eigenvalue weighted by atomic mass is 16.5. The van der Waals surface area contributed by atoms with Gasteiger partial charge in [0.1, 0.15) is 0 Å². The highest BCUT2D eigenvalue weighted by molar-refractivity contribution is 5.23. The zero-order chi connectivity index (χ0) is 17.9. The Morgan fingerprint density at radius 1 is 1.08 bits per heavy atom. The average Bonchev–Trinajstić information content (AvgIpc) is 2.92. The van der Waals surface area contributed by atoms with E-state index in [1.54, 1.807) is 12.7 Å². The second-order valence-electron chi connectivity index (χ2n) is 10.3. The van der Waals surface area contributed by atoms with Crippen LogP contribution < -0.4 is 0 Å². The summed E-state index contributed by atoms with van der Waals surface area (Å²) in [6.07, 6.45) is 13.8. The largest absolute Gasteiger partial charge is 0.387 e. The van der Waals surface area contributed by atoms with Crippen LogP contribution in [0.15, 0.2) is 11.6 Å². The molecule has 142 valence electrons. The molecule has 2 nitrogen and oxygen atoms in total. The van der Waals surface area contributed by atoms with Crippen molar-refractivity contribution in [3.05, 3.63) is 11.6 Å². The van der Waals surface area contributed by atoms with Crippen LogP contribution in [0.2, 0.25) is 0 Å². The van der Waals surface area contributed by atoms with Crippen LogP contribution in [-0.4, -0.2) is 24.4 Å². The van der Waals surface area contributed by atoms with Gasteiger partial charge in [0, 0.05) is 7.11 Å². The molecule has 7 unspecified atom stereocenters. The molecule has 0 radical (unpaired) electrons. The monoisotopic (exact) mass is 346 g/mol. The predicted molar refractivity (Wildman–Crippen MR) is 102 cm³/mol. The van der Waals surface area contributed by atoms with Gasteiger partial charge in [-0.2, -0.15) is 0 Å². The first-order chi connectivity index (χ1) is 11.9. The molecule has 0 bridgehead atoms. The van der Waals surface area contributed by atoms with Gasteiger partial charge in [-0.05, 0) is 99.2 Å². The first-order valence-electron chi connectivity index (χ1n) is 10.7. The van der Waals surface area contributed by atoms with Crippen LogP contribution in [0.25, 0.3) is 0 Å². The Kier molecular flexibility index (Phi) is 4.40. The van der Waals surface area contributed by atoms with E-state index in [0.717, 1.165) is 30.6 Å².